The third kappa shape index (κ3) is 4.96. The highest BCUT2D eigenvalue weighted by molar-refractivity contribution is 5.89. The Labute approximate surface area is 197 Å². The fourth-order valence-corrected chi connectivity index (χ4v) is 4.86. The first-order chi connectivity index (χ1) is 16.0. The average Bonchev–Trinajstić information content (AvgIpc) is 3.18. The van der Waals surface area contributed by atoms with Gasteiger partial charge in [-0.05, 0) is 44.2 Å². The van der Waals surface area contributed by atoms with Crippen LogP contribution >= 0.6 is 0 Å². The van der Waals surface area contributed by atoms with E-state index in [0.29, 0.717) is 6.42 Å². The van der Waals surface area contributed by atoms with Gasteiger partial charge < -0.3 is 14.5 Å². The molecule has 0 radical (unpaired) electrons. The van der Waals surface area contributed by atoms with E-state index in [9.17, 15) is 4.79 Å². The summed E-state index contributed by atoms with van der Waals surface area (Å²) < 4.78 is 5.99. The van der Waals surface area contributed by atoms with Crippen LogP contribution in [-0.2, 0) is 14.9 Å². The molecule has 1 aliphatic rings. The lowest BCUT2D eigenvalue weighted by Crippen LogP contribution is -2.37. The molecule has 1 saturated heterocycles. The van der Waals surface area contributed by atoms with Crippen LogP contribution in [0.4, 0.5) is 5.69 Å². The van der Waals surface area contributed by atoms with E-state index < -0.39 is 5.41 Å². The lowest BCUT2D eigenvalue weighted by molar-refractivity contribution is -0.145. The van der Waals surface area contributed by atoms with Crippen LogP contribution in [0.15, 0.2) is 84.9 Å². The predicted molar refractivity (Wildman–Crippen MR) is 135 cm³/mol. The van der Waals surface area contributed by atoms with Crippen LogP contribution in [0.5, 0.6) is 0 Å². The van der Waals surface area contributed by atoms with Crippen LogP contribution in [-0.4, -0.2) is 50.2 Å². The second-order valence-electron chi connectivity index (χ2n) is 9.05. The van der Waals surface area contributed by atoms with E-state index in [1.165, 1.54) is 11.3 Å². The number of aryl methyl sites for hydroxylation is 1. The molecule has 4 nitrogen and oxygen atoms in total. The van der Waals surface area contributed by atoms with Gasteiger partial charge in [0.15, 0.2) is 0 Å². The summed E-state index contributed by atoms with van der Waals surface area (Å²) in [5.74, 6) is -0.145. The summed E-state index contributed by atoms with van der Waals surface area (Å²) in [4.78, 5) is 18.0. The molecule has 1 atom stereocenters. The summed E-state index contributed by atoms with van der Waals surface area (Å²) in [6.45, 7) is 7.81. The van der Waals surface area contributed by atoms with Crippen molar-refractivity contribution < 1.29 is 9.53 Å². The number of ether oxygens (including phenoxy) is 1. The Kier molecular flexibility index (Phi) is 7.14. The number of benzene rings is 3. The summed E-state index contributed by atoms with van der Waals surface area (Å²) in [5.41, 5.74) is 3.78. The van der Waals surface area contributed by atoms with Gasteiger partial charge >= 0.3 is 5.97 Å². The molecule has 0 saturated carbocycles. The highest BCUT2D eigenvalue weighted by atomic mass is 16.6. The molecular weight excluding hydrogens is 408 g/mol. The summed E-state index contributed by atoms with van der Waals surface area (Å²) >= 11 is 0. The fraction of sp³-hybridized carbons (Fsp3) is 0.345. The van der Waals surface area contributed by atoms with Crippen LogP contribution in [0.2, 0.25) is 0 Å². The molecule has 0 spiro atoms. The van der Waals surface area contributed by atoms with Gasteiger partial charge in [0.05, 0.1) is 0 Å². The Morgan fingerprint density at radius 2 is 1.45 bits per heavy atom. The second-order valence-corrected chi connectivity index (χ2v) is 9.05. The maximum atomic E-state index is 13.4. The summed E-state index contributed by atoms with van der Waals surface area (Å²) in [6, 6.07) is 28.8. The molecule has 0 N–H and O–H groups in total. The van der Waals surface area contributed by atoms with Crippen molar-refractivity contribution in [3.05, 3.63) is 102 Å². The number of carbonyl (C=O) groups is 1. The van der Waals surface area contributed by atoms with Crippen molar-refractivity contribution in [1.29, 1.82) is 0 Å². The standard InChI is InChI=1S/C29H34N2O2/c1-4-31(26-17-15-23(2)16-18-26)20-19-30(3)22-27-21-29(28(32)33-27,24-11-7-5-8-12-24)25-13-9-6-10-14-25/h5-18,27H,4,19-22H2,1-3H3. The number of cyclic esters (lactones) is 1. The maximum Gasteiger partial charge on any atom is 0.321 e. The van der Waals surface area contributed by atoms with Gasteiger partial charge in [-0.25, -0.2) is 0 Å². The minimum atomic E-state index is -0.745. The zero-order valence-electron chi connectivity index (χ0n) is 19.9. The molecule has 0 aromatic heterocycles. The van der Waals surface area contributed by atoms with Gasteiger partial charge in [0.1, 0.15) is 11.5 Å². The van der Waals surface area contributed by atoms with Crippen molar-refractivity contribution in [3.8, 4) is 0 Å². The second kappa shape index (κ2) is 10.2. The van der Waals surface area contributed by atoms with Gasteiger partial charge in [-0.15, -0.1) is 0 Å². The summed E-state index contributed by atoms with van der Waals surface area (Å²) in [6.07, 6.45) is 0.511. The number of carbonyl (C=O) groups excluding carboxylic acids is 1. The number of likely N-dealkylation sites (N-methyl/N-ethyl adjacent to an activating group) is 2. The average molecular weight is 443 g/mol. The normalized spacial score (nSPS) is 17.2. The lowest BCUT2D eigenvalue weighted by Gasteiger charge is -2.28. The van der Waals surface area contributed by atoms with Crippen LogP contribution < -0.4 is 4.90 Å². The predicted octanol–water partition coefficient (Wildman–Crippen LogP) is 5.05. The number of anilines is 1. The molecule has 1 heterocycles. The van der Waals surface area contributed by atoms with E-state index in [0.717, 1.165) is 37.3 Å². The Bertz CT molecular complexity index is 995. The molecule has 0 aliphatic carbocycles. The summed E-state index contributed by atoms with van der Waals surface area (Å²) in [5, 5.41) is 0. The van der Waals surface area contributed by atoms with Crippen LogP contribution in [0, 0.1) is 6.92 Å². The molecule has 1 unspecified atom stereocenters. The SMILES string of the molecule is CCN(CCN(C)CC1CC(c2ccccc2)(c2ccccc2)C(=O)O1)c1ccc(C)cc1. The first kappa shape index (κ1) is 23.1. The molecule has 0 amide bonds. The van der Waals surface area contributed by atoms with Gasteiger partial charge in [-0.1, -0.05) is 78.4 Å². The van der Waals surface area contributed by atoms with Crippen LogP contribution in [0.1, 0.15) is 30.0 Å². The molecule has 172 valence electrons. The molecule has 33 heavy (non-hydrogen) atoms. The Morgan fingerprint density at radius 1 is 0.879 bits per heavy atom. The van der Waals surface area contributed by atoms with Gasteiger partial charge in [0, 0.05) is 38.3 Å². The minimum Gasteiger partial charge on any atom is -0.460 e. The quantitative estimate of drug-likeness (QED) is 0.434. The number of rotatable bonds is 9. The third-order valence-corrected chi connectivity index (χ3v) is 6.74. The summed E-state index contributed by atoms with van der Waals surface area (Å²) in [7, 11) is 2.11. The highest BCUT2D eigenvalue weighted by Gasteiger charge is 2.51. The topological polar surface area (TPSA) is 32.8 Å². The van der Waals surface area contributed by atoms with E-state index in [2.05, 4.69) is 55.0 Å². The monoisotopic (exact) mass is 442 g/mol. The van der Waals surface area contributed by atoms with Crippen molar-refractivity contribution in [3.63, 3.8) is 0 Å². The van der Waals surface area contributed by atoms with Gasteiger partial charge in [-0.2, -0.15) is 0 Å². The maximum absolute atomic E-state index is 13.4. The van der Waals surface area contributed by atoms with Crippen molar-refractivity contribution in [1.82, 2.24) is 4.90 Å². The molecule has 3 aromatic carbocycles. The first-order valence-corrected chi connectivity index (χ1v) is 11.8. The Morgan fingerprint density at radius 3 is 2.00 bits per heavy atom. The molecule has 0 bridgehead atoms. The molecule has 4 heteroatoms. The van der Waals surface area contributed by atoms with E-state index in [1.54, 1.807) is 0 Å². The number of hydrogen-bond acceptors (Lipinski definition) is 4. The van der Waals surface area contributed by atoms with Gasteiger partial charge in [0.2, 0.25) is 0 Å². The number of hydrogen-bond donors (Lipinski definition) is 0. The highest BCUT2D eigenvalue weighted by Crippen LogP contribution is 2.43. The molecule has 3 aromatic rings. The minimum absolute atomic E-state index is 0.141. The van der Waals surface area contributed by atoms with E-state index >= 15 is 0 Å². The van der Waals surface area contributed by atoms with E-state index in [1.807, 2.05) is 60.7 Å². The number of nitrogens with zero attached hydrogens (tertiary/aromatic N) is 2. The smallest absolute Gasteiger partial charge is 0.321 e. The third-order valence-electron chi connectivity index (χ3n) is 6.74. The van der Waals surface area contributed by atoms with Gasteiger partial charge in [-0.3, -0.25) is 4.79 Å². The number of esters is 1. The van der Waals surface area contributed by atoms with Crippen LogP contribution in [0.25, 0.3) is 0 Å². The Hall–Kier alpha value is -3.11. The van der Waals surface area contributed by atoms with E-state index in [-0.39, 0.29) is 12.1 Å². The van der Waals surface area contributed by atoms with Gasteiger partial charge in [0.25, 0.3) is 0 Å². The van der Waals surface area contributed by atoms with Crippen molar-refractivity contribution in [2.75, 3.05) is 38.1 Å². The lowest BCUT2D eigenvalue weighted by atomic mass is 9.72. The molecular formula is C29H34N2O2. The fourth-order valence-electron chi connectivity index (χ4n) is 4.86. The van der Waals surface area contributed by atoms with E-state index in [4.69, 9.17) is 4.74 Å². The van der Waals surface area contributed by atoms with Crippen molar-refractivity contribution >= 4 is 11.7 Å². The zero-order chi connectivity index (χ0) is 23.3. The molecule has 4 rings (SSSR count). The first-order valence-electron chi connectivity index (χ1n) is 11.8. The molecule has 1 aliphatic heterocycles. The molecule has 1 fully saturated rings. The zero-order valence-corrected chi connectivity index (χ0v) is 19.9. The largest absolute Gasteiger partial charge is 0.460 e. The Balaban J connectivity index is 1.45. The van der Waals surface area contributed by atoms with Crippen LogP contribution in [0.3, 0.4) is 0 Å². The van der Waals surface area contributed by atoms with Crippen molar-refractivity contribution in [2.45, 2.75) is 31.8 Å². The van der Waals surface area contributed by atoms with Crippen molar-refractivity contribution in [2.24, 2.45) is 0 Å².